The third kappa shape index (κ3) is 4.48. The van der Waals surface area contributed by atoms with E-state index in [1.807, 2.05) is 4.90 Å². The zero-order valence-electron chi connectivity index (χ0n) is 14.6. The number of aliphatic imine (C=N–C) groups is 1. The van der Waals surface area contributed by atoms with Crippen LogP contribution in [-0.2, 0) is 16.1 Å². The van der Waals surface area contributed by atoms with E-state index in [1.54, 1.807) is 19.2 Å². The molecule has 0 aromatic heterocycles. The Morgan fingerprint density at radius 3 is 2.52 bits per heavy atom. The van der Waals surface area contributed by atoms with Gasteiger partial charge in [0.25, 0.3) is 5.91 Å². The topological polar surface area (TPSA) is 57.2 Å². The monoisotopic (exact) mass is 348 g/mol. The number of carbonyl (C=O) groups is 1. The lowest BCUT2D eigenvalue weighted by Gasteiger charge is -2.37. The van der Waals surface area contributed by atoms with Crippen LogP contribution in [0.5, 0.6) is 0 Å². The van der Waals surface area contributed by atoms with Crippen LogP contribution in [0.25, 0.3) is 0 Å². The van der Waals surface area contributed by atoms with Gasteiger partial charge in [-0.3, -0.25) is 9.79 Å². The highest BCUT2D eigenvalue weighted by atomic mass is 19.1. The second-order valence-corrected chi connectivity index (χ2v) is 6.34. The van der Waals surface area contributed by atoms with E-state index in [-0.39, 0.29) is 17.8 Å². The Kier molecular flexibility index (Phi) is 5.86. The zero-order valence-corrected chi connectivity index (χ0v) is 14.6. The van der Waals surface area contributed by atoms with Crippen LogP contribution in [0.15, 0.2) is 29.3 Å². The number of amides is 1. The number of nitrogens with zero attached hydrogens (tertiary/aromatic N) is 3. The molecule has 2 heterocycles. The normalized spacial score (nSPS) is 21.5. The molecule has 2 fully saturated rings. The van der Waals surface area contributed by atoms with Gasteiger partial charge < -0.3 is 19.9 Å². The van der Waals surface area contributed by atoms with E-state index in [1.165, 1.54) is 12.1 Å². The van der Waals surface area contributed by atoms with Gasteiger partial charge >= 0.3 is 0 Å². The second kappa shape index (κ2) is 8.29. The molecule has 1 unspecified atom stereocenters. The van der Waals surface area contributed by atoms with Crippen LogP contribution in [0.2, 0.25) is 0 Å². The Bertz CT molecular complexity index is 606. The number of rotatable bonds is 3. The fourth-order valence-electron chi connectivity index (χ4n) is 3.23. The van der Waals surface area contributed by atoms with E-state index < -0.39 is 0 Å². The molecule has 136 valence electrons. The van der Waals surface area contributed by atoms with Crippen molar-refractivity contribution >= 4 is 11.9 Å². The van der Waals surface area contributed by atoms with Crippen LogP contribution < -0.4 is 5.32 Å². The SMILES string of the molecule is CN=C(NCc1ccc(F)cc1)N1CCN(C(=O)C2CCCO2)CC1. The Labute approximate surface area is 147 Å². The number of hydrogen-bond donors (Lipinski definition) is 1. The van der Waals surface area contributed by atoms with Gasteiger partial charge in [-0.25, -0.2) is 4.39 Å². The molecule has 1 aromatic carbocycles. The summed E-state index contributed by atoms with van der Waals surface area (Å²) in [5, 5.41) is 3.30. The van der Waals surface area contributed by atoms with E-state index in [0.717, 1.165) is 37.5 Å². The van der Waals surface area contributed by atoms with Gasteiger partial charge in [-0.05, 0) is 30.5 Å². The molecule has 1 atom stereocenters. The van der Waals surface area contributed by atoms with Gasteiger partial charge in [-0.1, -0.05) is 12.1 Å². The molecule has 6 nitrogen and oxygen atoms in total. The third-order valence-electron chi connectivity index (χ3n) is 4.67. The van der Waals surface area contributed by atoms with Crippen molar-refractivity contribution in [1.29, 1.82) is 0 Å². The Balaban J connectivity index is 1.48. The minimum absolute atomic E-state index is 0.117. The Morgan fingerprint density at radius 1 is 1.24 bits per heavy atom. The second-order valence-electron chi connectivity index (χ2n) is 6.34. The molecule has 25 heavy (non-hydrogen) atoms. The summed E-state index contributed by atoms with van der Waals surface area (Å²) in [5.41, 5.74) is 0.995. The van der Waals surface area contributed by atoms with Crippen LogP contribution in [0.1, 0.15) is 18.4 Å². The van der Waals surface area contributed by atoms with Crippen molar-refractivity contribution in [2.75, 3.05) is 39.8 Å². The first-order chi connectivity index (χ1) is 12.2. The van der Waals surface area contributed by atoms with Gasteiger partial charge in [0, 0.05) is 46.4 Å². The standard InChI is InChI=1S/C18H25FN4O2/c1-20-18(21-13-14-4-6-15(19)7-5-14)23-10-8-22(9-11-23)17(24)16-3-2-12-25-16/h4-7,16H,2-3,8-13H2,1H3,(H,20,21). The number of guanidine groups is 1. The number of hydrogen-bond acceptors (Lipinski definition) is 3. The number of benzene rings is 1. The molecule has 0 spiro atoms. The van der Waals surface area contributed by atoms with E-state index >= 15 is 0 Å². The van der Waals surface area contributed by atoms with E-state index in [4.69, 9.17) is 4.74 Å². The summed E-state index contributed by atoms with van der Waals surface area (Å²) in [5.74, 6) is 0.681. The number of nitrogens with one attached hydrogen (secondary N) is 1. The smallest absolute Gasteiger partial charge is 0.251 e. The summed E-state index contributed by atoms with van der Waals surface area (Å²) in [6.45, 7) is 4.10. The molecule has 2 saturated heterocycles. The lowest BCUT2D eigenvalue weighted by Crippen LogP contribution is -2.55. The lowest BCUT2D eigenvalue weighted by molar-refractivity contribution is -0.142. The first-order valence-corrected chi connectivity index (χ1v) is 8.78. The molecule has 7 heteroatoms. The molecule has 2 aliphatic heterocycles. The number of carbonyl (C=O) groups excluding carboxylic acids is 1. The highest BCUT2D eigenvalue weighted by molar-refractivity contribution is 5.82. The lowest BCUT2D eigenvalue weighted by atomic mass is 10.2. The fourth-order valence-corrected chi connectivity index (χ4v) is 3.23. The maximum atomic E-state index is 13.0. The fraction of sp³-hybridized carbons (Fsp3) is 0.556. The molecule has 3 rings (SSSR count). The van der Waals surface area contributed by atoms with Crippen molar-refractivity contribution in [3.8, 4) is 0 Å². The molecule has 1 amide bonds. The summed E-state index contributed by atoms with van der Waals surface area (Å²) >= 11 is 0. The van der Waals surface area contributed by atoms with E-state index in [0.29, 0.717) is 26.2 Å². The average molecular weight is 348 g/mol. The van der Waals surface area contributed by atoms with Crippen molar-refractivity contribution in [1.82, 2.24) is 15.1 Å². The number of ether oxygens (including phenoxy) is 1. The highest BCUT2D eigenvalue weighted by Gasteiger charge is 2.30. The van der Waals surface area contributed by atoms with Crippen molar-refractivity contribution in [3.63, 3.8) is 0 Å². The number of piperazine rings is 1. The molecule has 0 radical (unpaired) electrons. The van der Waals surface area contributed by atoms with Crippen molar-refractivity contribution in [2.45, 2.75) is 25.5 Å². The first kappa shape index (κ1) is 17.7. The van der Waals surface area contributed by atoms with Crippen molar-refractivity contribution in [3.05, 3.63) is 35.6 Å². The average Bonchev–Trinajstić information content (AvgIpc) is 3.18. The Hall–Kier alpha value is -2.15. The summed E-state index contributed by atoms with van der Waals surface area (Å²) in [6.07, 6.45) is 1.55. The number of halogens is 1. The van der Waals surface area contributed by atoms with Gasteiger partial charge in [-0.15, -0.1) is 0 Å². The third-order valence-corrected chi connectivity index (χ3v) is 4.67. The Morgan fingerprint density at radius 2 is 1.92 bits per heavy atom. The van der Waals surface area contributed by atoms with Gasteiger partial charge in [0.05, 0.1) is 0 Å². The molecule has 1 N–H and O–H groups in total. The molecular formula is C18H25FN4O2. The minimum atomic E-state index is -0.248. The van der Waals surface area contributed by atoms with Crippen molar-refractivity contribution in [2.24, 2.45) is 4.99 Å². The molecule has 2 aliphatic rings. The highest BCUT2D eigenvalue weighted by Crippen LogP contribution is 2.16. The van der Waals surface area contributed by atoms with Crippen LogP contribution in [0.3, 0.4) is 0 Å². The largest absolute Gasteiger partial charge is 0.368 e. The molecule has 0 aliphatic carbocycles. The predicted octanol–water partition coefficient (Wildman–Crippen LogP) is 1.22. The first-order valence-electron chi connectivity index (χ1n) is 8.78. The predicted molar refractivity (Wildman–Crippen MR) is 93.7 cm³/mol. The molecular weight excluding hydrogens is 323 g/mol. The minimum Gasteiger partial charge on any atom is -0.368 e. The summed E-state index contributed by atoms with van der Waals surface area (Å²) in [7, 11) is 1.75. The van der Waals surface area contributed by atoms with E-state index in [9.17, 15) is 9.18 Å². The molecule has 0 saturated carbocycles. The van der Waals surface area contributed by atoms with Crippen LogP contribution in [0, 0.1) is 5.82 Å². The maximum Gasteiger partial charge on any atom is 0.251 e. The van der Waals surface area contributed by atoms with Crippen LogP contribution >= 0.6 is 0 Å². The van der Waals surface area contributed by atoms with Crippen LogP contribution in [0.4, 0.5) is 4.39 Å². The zero-order chi connectivity index (χ0) is 17.6. The summed E-state index contributed by atoms with van der Waals surface area (Å²) in [6, 6.07) is 6.42. The van der Waals surface area contributed by atoms with Crippen LogP contribution in [-0.4, -0.2) is 67.6 Å². The quantitative estimate of drug-likeness (QED) is 0.659. The summed E-state index contributed by atoms with van der Waals surface area (Å²) in [4.78, 5) is 20.7. The van der Waals surface area contributed by atoms with Gasteiger partial charge in [0.1, 0.15) is 11.9 Å². The summed E-state index contributed by atoms with van der Waals surface area (Å²) < 4.78 is 18.5. The van der Waals surface area contributed by atoms with Gasteiger partial charge in [0.2, 0.25) is 0 Å². The van der Waals surface area contributed by atoms with Crippen molar-refractivity contribution < 1.29 is 13.9 Å². The van der Waals surface area contributed by atoms with Gasteiger partial charge in [-0.2, -0.15) is 0 Å². The van der Waals surface area contributed by atoms with Gasteiger partial charge in [0.15, 0.2) is 5.96 Å². The molecule has 0 bridgehead atoms. The van der Waals surface area contributed by atoms with E-state index in [2.05, 4.69) is 15.2 Å². The molecule has 1 aromatic rings. The maximum absolute atomic E-state index is 13.0.